The number of hydrogen-bond acceptors (Lipinski definition) is 10. The molecule has 13 nitrogen and oxygen atoms in total. The third kappa shape index (κ3) is 6.45. The maximum Gasteiger partial charge on any atom is 0.305 e. The standard InChI is InChI=1S/C35H37BrN8O5/c1-19-10-11-28(36)40-33(19)41-34(48)26-13-35-14-27(35)44(26)29(46)17-43-32-23(31(42-43)20(2)45)12-25(22-15-37-21(3)38-16-22)39-24(32)8-6-4-5-7-9-30(47)49-18-35/h10-12,15-16,26-27H,4-9,13-14,17-18H2,1-3H3,(H,40,41,48)/t26-,27+,35-/m0/s1. The zero-order chi connectivity index (χ0) is 34.4. The predicted molar refractivity (Wildman–Crippen MR) is 182 cm³/mol. The number of cyclic esters (lactones) is 1. The number of esters is 1. The number of amides is 2. The number of aromatic nitrogens is 6. The van der Waals surface area contributed by atoms with E-state index < -0.39 is 11.5 Å². The third-order valence-corrected chi connectivity index (χ3v) is 10.3. The molecule has 14 heteroatoms. The van der Waals surface area contributed by atoms with Crippen molar-refractivity contribution in [2.45, 2.75) is 90.8 Å². The van der Waals surface area contributed by atoms with Gasteiger partial charge in [-0.1, -0.05) is 18.9 Å². The van der Waals surface area contributed by atoms with E-state index in [-0.39, 0.29) is 48.5 Å². The second-order valence-corrected chi connectivity index (χ2v) is 14.2. The maximum atomic E-state index is 14.4. The highest BCUT2D eigenvalue weighted by molar-refractivity contribution is 9.10. The highest BCUT2D eigenvalue weighted by Crippen LogP contribution is 2.60. The van der Waals surface area contributed by atoms with Crippen LogP contribution in [-0.2, 0) is 32.1 Å². The Morgan fingerprint density at radius 3 is 2.53 bits per heavy atom. The van der Waals surface area contributed by atoms with Crippen LogP contribution in [0.3, 0.4) is 0 Å². The molecule has 1 saturated carbocycles. The summed E-state index contributed by atoms with van der Waals surface area (Å²) in [5, 5.41) is 8.21. The van der Waals surface area contributed by atoms with Crippen LogP contribution in [0, 0.1) is 19.3 Å². The van der Waals surface area contributed by atoms with E-state index in [1.807, 2.05) is 19.1 Å². The topological polar surface area (TPSA) is 162 Å². The number of rotatable bonds is 4. The van der Waals surface area contributed by atoms with Crippen LogP contribution in [0.5, 0.6) is 0 Å². The Hall–Kier alpha value is -4.59. The average Bonchev–Trinajstić information content (AvgIpc) is 3.48. The number of nitrogens with zero attached hydrogens (tertiary/aromatic N) is 7. The van der Waals surface area contributed by atoms with Crippen molar-refractivity contribution in [2.24, 2.45) is 5.41 Å². The Bertz CT molecular complexity index is 2000. The lowest BCUT2D eigenvalue weighted by atomic mass is 10.00. The van der Waals surface area contributed by atoms with Gasteiger partial charge in [0.2, 0.25) is 11.8 Å². The van der Waals surface area contributed by atoms with Gasteiger partial charge in [-0.05, 0) is 79.6 Å². The van der Waals surface area contributed by atoms with Crippen molar-refractivity contribution in [3.63, 3.8) is 0 Å². The summed E-state index contributed by atoms with van der Waals surface area (Å²) in [6, 6.07) is 4.35. The van der Waals surface area contributed by atoms with Crippen LogP contribution in [0.4, 0.5) is 5.82 Å². The zero-order valence-electron chi connectivity index (χ0n) is 27.7. The summed E-state index contributed by atoms with van der Waals surface area (Å²) in [5.41, 5.74) is 3.16. The zero-order valence-corrected chi connectivity index (χ0v) is 29.2. The molecule has 3 atom stereocenters. The van der Waals surface area contributed by atoms with Crippen molar-refractivity contribution < 1.29 is 23.9 Å². The highest BCUT2D eigenvalue weighted by Gasteiger charge is 2.68. The minimum absolute atomic E-state index is 0.150. The molecular formula is C35H37BrN8O5. The first-order valence-corrected chi connectivity index (χ1v) is 17.4. The van der Waals surface area contributed by atoms with Crippen molar-refractivity contribution in [2.75, 3.05) is 11.9 Å². The van der Waals surface area contributed by atoms with Crippen LogP contribution in [0.25, 0.3) is 22.2 Å². The lowest BCUT2D eigenvalue weighted by molar-refractivity contribution is -0.145. The van der Waals surface area contributed by atoms with E-state index in [1.54, 1.807) is 35.0 Å². The fraction of sp³-hybridized carbons (Fsp3) is 0.457. The summed E-state index contributed by atoms with van der Waals surface area (Å²) in [7, 11) is 0. The summed E-state index contributed by atoms with van der Waals surface area (Å²) in [4.78, 5) is 73.7. The lowest BCUT2D eigenvalue weighted by Gasteiger charge is -2.27. The summed E-state index contributed by atoms with van der Waals surface area (Å²) in [6.45, 7) is 5.06. The van der Waals surface area contributed by atoms with Crippen LogP contribution in [0.1, 0.15) is 79.4 Å². The van der Waals surface area contributed by atoms with E-state index in [0.29, 0.717) is 76.2 Å². The van der Waals surface area contributed by atoms with Crippen LogP contribution in [0.2, 0.25) is 0 Å². The number of ketones is 1. The molecule has 0 radical (unpaired) electrons. The number of carbonyl (C=O) groups is 4. The van der Waals surface area contributed by atoms with Crippen LogP contribution in [-0.4, -0.2) is 76.9 Å². The van der Waals surface area contributed by atoms with E-state index in [1.165, 1.54) is 6.92 Å². The molecule has 2 fully saturated rings. The third-order valence-electron chi connectivity index (χ3n) is 9.87. The molecule has 49 heavy (non-hydrogen) atoms. The maximum absolute atomic E-state index is 14.4. The van der Waals surface area contributed by atoms with Crippen LogP contribution >= 0.6 is 15.9 Å². The molecule has 0 unspecified atom stereocenters. The molecule has 2 bridgehead atoms. The quantitative estimate of drug-likeness (QED) is 0.174. The number of hydrogen-bond donors (Lipinski definition) is 1. The number of nitrogens with one attached hydrogen (secondary N) is 1. The Labute approximate surface area is 291 Å². The van der Waals surface area contributed by atoms with Gasteiger partial charge in [0, 0.05) is 48.1 Å². The van der Waals surface area contributed by atoms with Crippen molar-refractivity contribution >= 4 is 56.2 Å². The number of ether oxygens (including phenoxy) is 1. The Balaban J connectivity index is 1.29. The summed E-state index contributed by atoms with van der Waals surface area (Å²) in [6.07, 6.45) is 8.43. The molecule has 7 rings (SSSR count). The smallest absolute Gasteiger partial charge is 0.305 e. The molecule has 2 amide bonds. The van der Waals surface area contributed by atoms with E-state index in [0.717, 1.165) is 24.8 Å². The first kappa shape index (κ1) is 32.9. The predicted octanol–water partition coefficient (Wildman–Crippen LogP) is 4.91. The Morgan fingerprint density at radius 1 is 1.02 bits per heavy atom. The van der Waals surface area contributed by atoms with Crippen LogP contribution in [0.15, 0.2) is 35.2 Å². The van der Waals surface area contributed by atoms with E-state index in [4.69, 9.17) is 9.72 Å². The van der Waals surface area contributed by atoms with Gasteiger partial charge >= 0.3 is 5.97 Å². The number of carbonyl (C=O) groups excluding carboxylic acids is 4. The van der Waals surface area contributed by atoms with Gasteiger partial charge in [-0.3, -0.25) is 28.8 Å². The van der Waals surface area contributed by atoms with E-state index >= 15 is 0 Å². The van der Waals surface area contributed by atoms with E-state index in [9.17, 15) is 19.2 Å². The number of halogens is 1. The number of piperidine rings is 1. The molecule has 3 aliphatic rings. The van der Waals surface area contributed by atoms with Crippen molar-refractivity contribution in [1.82, 2.24) is 34.6 Å². The summed E-state index contributed by atoms with van der Waals surface area (Å²) >= 11 is 3.37. The normalized spacial score (nSPS) is 22.7. The second kappa shape index (κ2) is 13.0. The molecule has 6 heterocycles. The van der Waals surface area contributed by atoms with E-state index in [2.05, 4.69) is 41.3 Å². The summed E-state index contributed by atoms with van der Waals surface area (Å²) in [5.74, 6) is -0.156. The van der Waals surface area contributed by atoms with Gasteiger partial charge in [-0.2, -0.15) is 5.10 Å². The number of aryl methyl sites for hydroxylation is 3. The fourth-order valence-electron chi connectivity index (χ4n) is 7.18. The largest absolute Gasteiger partial charge is 0.465 e. The molecule has 4 aromatic heterocycles. The van der Waals surface area contributed by atoms with Gasteiger partial charge in [-0.15, -0.1) is 0 Å². The minimum atomic E-state index is -0.816. The average molecular weight is 730 g/mol. The molecule has 0 aromatic carbocycles. The van der Waals surface area contributed by atoms with Gasteiger partial charge in [0.15, 0.2) is 5.78 Å². The summed E-state index contributed by atoms with van der Waals surface area (Å²) < 4.78 is 7.89. The molecule has 254 valence electrons. The highest BCUT2D eigenvalue weighted by atomic mass is 79.9. The molecule has 4 aromatic rings. The molecule has 1 saturated heterocycles. The molecule has 0 spiro atoms. The molecular weight excluding hydrogens is 692 g/mol. The molecule has 1 N–H and O–H groups in total. The SMILES string of the molecule is CC(=O)c1nn2c3c(nc(-c4cnc(C)nc4)cc13)CCCCCCC(=O)OC[C@@]13C[C@@H](C(=O)Nc4nc(Br)ccc4C)N(C(=O)C2)[C@@H]1C3. The Morgan fingerprint density at radius 2 is 1.78 bits per heavy atom. The second-order valence-electron chi connectivity index (χ2n) is 13.4. The number of anilines is 1. The van der Waals surface area contributed by atoms with Gasteiger partial charge in [0.25, 0.3) is 0 Å². The number of Topliss-reactive ketones (excluding diaryl/α,β-unsaturated/α-hetero) is 1. The lowest BCUT2D eigenvalue weighted by Crippen LogP contribution is -2.47. The van der Waals surface area contributed by atoms with Crippen molar-refractivity contribution in [3.05, 3.63) is 58.0 Å². The Kier molecular flexibility index (Phi) is 8.76. The van der Waals surface area contributed by atoms with Gasteiger partial charge in [-0.25, -0.2) is 15.0 Å². The van der Waals surface area contributed by atoms with Crippen molar-refractivity contribution in [3.8, 4) is 11.3 Å². The minimum Gasteiger partial charge on any atom is -0.465 e. The fourth-order valence-corrected chi connectivity index (χ4v) is 7.49. The molecule has 2 aliphatic heterocycles. The molecule has 1 aliphatic carbocycles. The first-order chi connectivity index (χ1) is 23.5. The number of pyridine rings is 2. The van der Waals surface area contributed by atoms with Crippen LogP contribution < -0.4 is 5.32 Å². The van der Waals surface area contributed by atoms with Crippen molar-refractivity contribution in [1.29, 1.82) is 0 Å². The first-order valence-electron chi connectivity index (χ1n) is 16.6. The van der Waals surface area contributed by atoms with Gasteiger partial charge < -0.3 is 15.0 Å². The van der Waals surface area contributed by atoms with Gasteiger partial charge in [0.05, 0.1) is 23.5 Å². The van der Waals surface area contributed by atoms with Gasteiger partial charge in [0.1, 0.15) is 34.5 Å². The monoisotopic (exact) mass is 728 g/mol.